The number of aromatic nitrogens is 2. The summed E-state index contributed by atoms with van der Waals surface area (Å²) in [6.45, 7) is 3.63. The Bertz CT molecular complexity index is 944. The standard InChI is InChI=1S/C16H14N4O3/c1-9-4-3-7-20-14(9)17-13(16(22)23)15(20)19-18-12-6-5-11(21)8-10(12)2/h3-8,21H,1-2H3,(H,22,23). The van der Waals surface area contributed by atoms with E-state index in [0.29, 0.717) is 11.3 Å². The number of aryl methyl sites for hydroxylation is 2. The van der Waals surface area contributed by atoms with Gasteiger partial charge in [0.15, 0.2) is 11.5 Å². The molecule has 3 rings (SSSR count). The van der Waals surface area contributed by atoms with E-state index in [2.05, 4.69) is 15.2 Å². The number of carboxylic acid groups (broad SMARTS) is 1. The fourth-order valence-electron chi connectivity index (χ4n) is 2.28. The predicted octanol–water partition coefficient (Wildman–Crippen LogP) is 3.77. The molecule has 23 heavy (non-hydrogen) atoms. The molecule has 0 aliphatic carbocycles. The Labute approximate surface area is 131 Å². The minimum absolute atomic E-state index is 0.137. The number of phenolic OH excluding ortho intramolecular Hbond substituents is 1. The second kappa shape index (κ2) is 5.53. The predicted molar refractivity (Wildman–Crippen MR) is 83.9 cm³/mol. The number of hydrogen-bond donors (Lipinski definition) is 2. The molecule has 0 aliphatic heterocycles. The number of hydrogen-bond acceptors (Lipinski definition) is 5. The maximum absolute atomic E-state index is 11.4. The van der Waals surface area contributed by atoms with Crippen molar-refractivity contribution in [2.75, 3.05) is 0 Å². The number of rotatable bonds is 3. The van der Waals surface area contributed by atoms with Crippen molar-refractivity contribution in [2.45, 2.75) is 13.8 Å². The fourth-order valence-corrected chi connectivity index (χ4v) is 2.28. The first kappa shape index (κ1) is 14.7. The average molecular weight is 310 g/mol. The fraction of sp³-hybridized carbons (Fsp3) is 0.125. The van der Waals surface area contributed by atoms with Crippen molar-refractivity contribution >= 4 is 23.1 Å². The van der Waals surface area contributed by atoms with Gasteiger partial charge in [-0.05, 0) is 49.2 Å². The number of phenols is 1. The van der Waals surface area contributed by atoms with E-state index < -0.39 is 5.97 Å². The third-order valence-electron chi connectivity index (χ3n) is 3.46. The minimum atomic E-state index is -1.16. The van der Waals surface area contributed by atoms with E-state index >= 15 is 0 Å². The van der Waals surface area contributed by atoms with Crippen LogP contribution in [0.4, 0.5) is 11.5 Å². The summed E-state index contributed by atoms with van der Waals surface area (Å²) in [6, 6.07) is 8.31. The van der Waals surface area contributed by atoms with Crippen molar-refractivity contribution in [3.8, 4) is 5.75 Å². The van der Waals surface area contributed by atoms with Gasteiger partial charge >= 0.3 is 5.97 Å². The van der Waals surface area contributed by atoms with E-state index in [1.807, 2.05) is 13.0 Å². The molecule has 0 spiro atoms. The summed E-state index contributed by atoms with van der Waals surface area (Å²) in [5.74, 6) is -0.869. The molecule has 0 radical (unpaired) electrons. The Hall–Kier alpha value is -3.22. The molecule has 0 saturated carbocycles. The lowest BCUT2D eigenvalue weighted by Gasteiger charge is -2.00. The van der Waals surface area contributed by atoms with Crippen LogP contribution < -0.4 is 0 Å². The largest absolute Gasteiger partial charge is 0.508 e. The molecule has 0 bridgehead atoms. The van der Waals surface area contributed by atoms with Gasteiger partial charge < -0.3 is 10.2 Å². The van der Waals surface area contributed by atoms with Crippen LogP contribution in [0.3, 0.4) is 0 Å². The van der Waals surface area contributed by atoms with Crippen molar-refractivity contribution in [1.82, 2.24) is 9.38 Å². The first-order chi connectivity index (χ1) is 11.0. The quantitative estimate of drug-likeness (QED) is 0.719. The van der Waals surface area contributed by atoms with Crippen LogP contribution in [0.25, 0.3) is 5.65 Å². The van der Waals surface area contributed by atoms with Gasteiger partial charge in [0.25, 0.3) is 0 Å². The topological polar surface area (TPSA) is 99.5 Å². The molecule has 0 amide bonds. The molecule has 0 saturated heterocycles. The zero-order valence-electron chi connectivity index (χ0n) is 12.6. The molecule has 2 aromatic heterocycles. The second-order valence-corrected chi connectivity index (χ2v) is 5.14. The van der Waals surface area contributed by atoms with E-state index in [0.717, 1.165) is 11.1 Å². The first-order valence-electron chi connectivity index (χ1n) is 6.89. The molecule has 3 aromatic rings. The van der Waals surface area contributed by atoms with Gasteiger partial charge in [-0.15, -0.1) is 10.2 Å². The lowest BCUT2D eigenvalue weighted by molar-refractivity contribution is 0.0692. The molecule has 0 atom stereocenters. The minimum Gasteiger partial charge on any atom is -0.508 e. The summed E-state index contributed by atoms with van der Waals surface area (Å²) in [5.41, 5.74) is 2.50. The summed E-state index contributed by atoms with van der Waals surface area (Å²) < 4.78 is 1.60. The molecule has 1 aromatic carbocycles. The third-order valence-corrected chi connectivity index (χ3v) is 3.46. The smallest absolute Gasteiger partial charge is 0.358 e. The molecule has 116 valence electrons. The van der Waals surface area contributed by atoms with Crippen LogP contribution in [0.1, 0.15) is 21.6 Å². The van der Waals surface area contributed by atoms with Crippen LogP contribution in [-0.4, -0.2) is 25.6 Å². The average Bonchev–Trinajstić information content (AvgIpc) is 2.87. The SMILES string of the molecule is Cc1cc(O)ccc1N=Nc1c(C(=O)O)nc2c(C)cccn12. The summed E-state index contributed by atoms with van der Waals surface area (Å²) >= 11 is 0. The lowest BCUT2D eigenvalue weighted by atomic mass is 10.2. The number of carbonyl (C=O) groups is 1. The third kappa shape index (κ3) is 2.64. The van der Waals surface area contributed by atoms with Crippen LogP contribution in [-0.2, 0) is 0 Å². The number of pyridine rings is 1. The van der Waals surface area contributed by atoms with Gasteiger partial charge in [0.1, 0.15) is 11.4 Å². The van der Waals surface area contributed by atoms with E-state index in [-0.39, 0.29) is 17.3 Å². The van der Waals surface area contributed by atoms with Crippen LogP contribution >= 0.6 is 0 Å². The molecule has 2 N–H and O–H groups in total. The maximum Gasteiger partial charge on any atom is 0.358 e. The second-order valence-electron chi connectivity index (χ2n) is 5.14. The van der Waals surface area contributed by atoms with Crippen LogP contribution in [0.15, 0.2) is 46.8 Å². The van der Waals surface area contributed by atoms with Gasteiger partial charge in [-0.3, -0.25) is 4.40 Å². The molecular weight excluding hydrogens is 296 g/mol. The Morgan fingerprint density at radius 2 is 1.96 bits per heavy atom. The molecule has 0 aliphatic rings. The molecule has 7 nitrogen and oxygen atoms in total. The van der Waals surface area contributed by atoms with Crippen molar-refractivity contribution in [3.05, 3.63) is 53.3 Å². The van der Waals surface area contributed by atoms with E-state index in [4.69, 9.17) is 0 Å². The van der Waals surface area contributed by atoms with Crippen LogP contribution in [0, 0.1) is 13.8 Å². The number of fused-ring (bicyclic) bond motifs is 1. The number of aromatic hydroxyl groups is 1. The highest BCUT2D eigenvalue weighted by Crippen LogP contribution is 2.28. The highest BCUT2D eigenvalue weighted by molar-refractivity contribution is 5.92. The number of nitrogens with zero attached hydrogens (tertiary/aromatic N) is 4. The number of azo groups is 1. The van der Waals surface area contributed by atoms with Crippen molar-refractivity contribution in [1.29, 1.82) is 0 Å². The number of aromatic carboxylic acids is 1. The Morgan fingerprint density at radius 1 is 1.17 bits per heavy atom. The highest BCUT2D eigenvalue weighted by Gasteiger charge is 2.19. The monoisotopic (exact) mass is 310 g/mol. The zero-order valence-corrected chi connectivity index (χ0v) is 12.6. The molecule has 7 heteroatoms. The summed E-state index contributed by atoms with van der Waals surface area (Å²) in [5, 5.41) is 26.9. The highest BCUT2D eigenvalue weighted by atomic mass is 16.4. The normalized spacial score (nSPS) is 11.4. The van der Waals surface area contributed by atoms with Gasteiger partial charge in [-0.25, -0.2) is 9.78 Å². The van der Waals surface area contributed by atoms with Crippen molar-refractivity contribution in [2.24, 2.45) is 10.2 Å². The van der Waals surface area contributed by atoms with E-state index in [9.17, 15) is 15.0 Å². The van der Waals surface area contributed by atoms with Gasteiger partial charge in [0.05, 0.1) is 5.69 Å². The van der Waals surface area contributed by atoms with Crippen molar-refractivity contribution in [3.63, 3.8) is 0 Å². The molecular formula is C16H14N4O3. The van der Waals surface area contributed by atoms with Crippen LogP contribution in [0.5, 0.6) is 5.75 Å². The summed E-state index contributed by atoms with van der Waals surface area (Å²) in [6.07, 6.45) is 1.69. The summed E-state index contributed by atoms with van der Waals surface area (Å²) in [7, 11) is 0. The van der Waals surface area contributed by atoms with Gasteiger partial charge in [-0.2, -0.15) is 0 Å². The molecule has 2 heterocycles. The van der Waals surface area contributed by atoms with Gasteiger partial charge in [0, 0.05) is 6.20 Å². The molecule has 0 unspecified atom stereocenters. The lowest BCUT2D eigenvalue weighted by Crippen LogP contribution is -1.96. The van der Waals surface area contributed by atoms with Gasteiger partial charge in [0.2, 0.25) is 0 Å². The number of carboxylic acids is 1. The first-order valence-corrected chi connectivity index (χ1v) is 6.89. The van der Waals surface area contributed by atoms with E-state index in [1.165, 1.54) is 6.07 Å². The van der Waals surface area contributed by atoms with Crippen molar-refractivity contribution < 1.29 is 15.0 Å². The maximum atomic E-state index is 11.4. The Morgan fingerprint density at radius 3 is 2.65 bits per heavy atom. The van der Waals surface area contributed by atoms with Crippen LogP contribution in [0.2, 0.25) is 0 Å². The van der Waals surface area contributed by atoms with Gasteiger partial charge in [-0.1, -0.05) is 6.07 Å². The van der Waals surface area contributed by atoms with E-state index in [1.54, 1.807) is 35.7 Å². The zero-order chi connectivity index (χ0) is 16.6. The number of benzene rings is 1. The summed E-state index contributed by atoms with van der Waals surface area (Å²) in [4.78, 5) is 15.5. The number of imidazole rings is 1. The Kier molecular flexibility index (Phi) is 3.53. The molecule has 0 fully saturated rings. The Balaban J connectivity index is 2.15.